The first kappa shape index (κ1) is 14.0. The molecule has 0 aliphatic heterocycles. The van der Waals surface area contributed by atoms with E-state index in [1.807, 2.05) is 39.9 Å². The number of hydrogen-bond acceptors (Lipinski definition) is 2. The Labute approximate surface area is 124 Å². The van der Waals surface area contributed by atoms with Gasteiger partial charge in [0.05, 0.1) is 0 Å². The van der Waals surface area contributed by atoms with Crippen molar-refractivity contribution in [2.75, 3.05) is 0 Å². The van der Waals surface area contributed by atoms with Gasteiger partial charge in [-0.3, -0.25) is 0 Å². The van der Waals surface area contributed by atoms with Crippen LogP contribution in [-0.4, -0.2) is 9.57 Å². The fraction of sp³-hybridized carbons (Fsp3) is 0.0667. The minimum absolute atomic E-state index is 0. The average molecular weight is 357 g/mol. The van der Waals surface area contributed by atoms with Crippen LogP contribution in [0.15, 0.2) is 42.5 Å². The summed E-state index contributed by atoms with van der Waals surface area (Å²) in [6, 6.07) is 13.9. The van der Waals surface area contributed by atoms with E-state index in [0.717, 1.165) is 22.0 Å². The molecule has 2 nitrogen and oxygen atoms in total. The Morgan fingerprint density at radius 1 is 0.895 bits per heavy atom. The van der Waals surface area contributed by atoms with Gasteiger partial charge in [0.2, 0.25) is 0 Å². The number of halogens is 1. The van der Waals surface area contributed by atoms with Crippen LogP contribution in [0.3, 0.4) is 0 Å². The van der Waals surface area contributed by atoms with Crippen LogP contribution in [0.4, 0.5) is 0 Å². The molecule has 2 aromatic carbocycles. The first-order chi connectivity index (χ1) is 8.85. The predicted octanol–water partition coefficient (Wildman–Crippen LogP) is -1.36. The molecule has 4 heteroatoms. The Hall–Kier alpha value is -1.40. The van der Waals surface area contributed by atoms with Gasteiger partial charge >= 0.3 is 108 Å². The van der Waals surface area contributed by atoms with Crippen molar-refractivity contribution in [2.24, 2.45) is 0 Å². The van der Waals surface area contributed by atoms with Crippen molar-refractivity contribution in [2.45, 2.75) is 6.42 Å². The van der Waals surface area contributed by atoms with Gasteiger partial charge in [0.1, 0.15) is 0 Å². The fourth-order valence-corrected chi connectivity index (χ4v) is 3.53. The summed E-state index contributed by atoms with van der Waals surface area (Å²) in [5.41, 5.74) is 4.66. The molecule has 0 spiro atoms. The van der Waals surface area contributed by atoms with Gasteiger partial charge in [-0.25, -0.2) is 0 Å². The average Bonchev–Trinajstić information content (AvgIpc) is 2.80. The summed E-state index contributed by atoms with van der Waals surface area (Å²) in [6.07, 6.45) is 0.786. The van der Waals surface area contributed by atoms with Gasteiger partial charge in [-0.2, -0.15) is 0 Å². The molecule has 0 atom stereocenters. The van der Waals surface area contributed by atoms with Gasteiger partial charge in [0.15, 0.2) is 0 Å². The van der Waals surface area contributed by atoms with Gasteiger partial charge in [0, 0.05) is 0 Å². The van der Waals surface area contributed by atoms with E-state index in [4.69, 9.17) is 0 Å². The van der Waals surface area contributed by atoms with Crippen molar-refractivity contribution in [3.8, 4) is 11.1 Å². The van der Waals surface area contributed by atoms with Crippen molar-refractivity contribution in [3.63, 3.8) is 0 Å². The summed E-state index contributed by atoms with van der Waals surface area (Å²) >= 11 is -1.76. The summed E-state index contributed by atoms with van der Waals surface area (Å²) in [5.74, 6) is 0. The molecule has 0 saturated carbocycles. The summed E-state index contributed by atoms with van der Waals surface area (Å²) < 4.78 is 0.814. The number of rotatable bonds is 1. The van der Waals surface area contributed by atoms with Gasteiger partial charge < -0.3 is 17.0 Å². The third kappa shape index (κ3) is 2.26. The molecule has 0 heterocycles. The second-order valence-corrected chi connectivity index (χ2v) is 5.87. The topological polar surface area (TPSA) is 34.1 Å². The van der Waals surface area contributed by atoms with Crippen LogP contribution in [0, 0.1) is 0 Å². The quantitative estimate of drug-likeness (QED) is 0.505. The Balaban J connectivity index is 0.00000133. The molecule has 2 aromatic rings. The number of fused-ring (bicyclic) bond motifs is 3. The van der Waals surface area contributed by atoms with Gasteiger partial charge in [-0.15, -0.1) is 0 Å². The molecule has 0 N–H and O–H groups in total. The molecule has 0 bridgehead atoms. The molecule has 96 valence electrons. The first-order valence-electron chi connectivity index (χ1n) is 5.47. The third-order valence-electron chi connectivity index (χ3n) is 3.12. The molecule has 1 aliphatic carbocycles. The minimum atomic E-state index is -1.76. The number of benzene rings is 2. The van der Waals surface area contributed by atoms with Crippen molar-refractivity contribution in [1.82, 2.24) is 0 Å². The Bertz CT molecular complexity index is 762. The van der Waals surface area contributed by atoms with Crippen LogP contribution in [0.2, 0.25) is 0 Å². The zero-order chi connectivity index (χ0) is 12.5. The molecule has 0 amide bonds. The maximum Gasteiger partial charge on any atom is -1.00 e. The Morgan fingerprint density at radius 2 is 1.58 bits per heavy atom. The van der Waals surface area contributed by atoms with Crippen LogP contribution in [0.1, 0.15) is 11.1 Å². The van der Waals surface area contributed by atoms with E-state index in [-0.39, 0.29) is 17.0 Å². The molecule has 3 rings (SSSR count). The Morgan fingerprint density at radius 3 is 2.32 bits per heavy atom. The van der Waals surface area contributed by atoms with E-state index in [0.29, 0.717) is 0 Å². The summed E-state index contributed by atoms with van der Waals surface area (Å²) in [4.78, 5) is 25.4. The Kier molecular flexibility index (Phi) is 4.21. The summed E-state index contributed by atoms with van der Waals surface area (Å²) in [6.45, 7) is 0. The van der Waals surface area contributed by atoms with Crippen molar-refractivity contribution >= 4 is 14.0 Å². The zero-order valence-electron chi connectivity index (χ0n) is 9.80. The normalized spacial score (nSPS) is 11.0. The monoisotopic (exact) mass is 356 g/mol. The molecule has 0 aromatic heterocycles. The second kappa shape index (κ2) is 5.71. The number of hydrogen-bond donors (Lipinski definition) is 0. The summed E-state index contributed by atoms with van der Waals surface area (Å²) in [5, 5.41) is 0. The van der Waals surface area contributed by atoms with Gasteiger partial charge in [-0.05, 0) is 0 Å². The van der Waals surface area contributed by atoms with Crippen LogP contribution in [0.5, 0.6) is 0 Å². The van der Waals surface area contributed by atoms with Crippen LogP contribution in [0.25, 0.3) is 11.1 Å². The SMILES string of the molecule is O=[C]=[Fe+](=[C]=O)[c]1cccc2c1Cc1ccccc1-2.[Br-]. The van der Waals surface area contributed by atoms with E-state index in [1.54, 1.807) is 0 Å². The van der Waals surface area contributed by atoms with Crippen molar-refractivity contribution < 1.29 is 39.6 Å². The van der Waals surface area contributed by atoms with Crippen LogP contribution in [-0.2, 0) is 29.0 Å². The second-order valence-electron chi connectivity index (χ2n) is 4.00. The molecular formula is C15H9BrFeO2. The molecule has 19 heavy (non-hydrogen) atoms. The van der Waals surface area contributed by atoms with E-state index in [1.165, 1.54) is 11.1 Å². The molecule has 0 saturated heterocycles. The van der Waals surface area contributed by atoms with Gasteiger partial charge in [-0.1, -0.05) is 0 Å². The van der Waals surface area contributed by atoms with Crippen LogP contribution >= 0.6 is 0 Å². The largest absolute Gasteiger partial charge is 1.00 e. The van der Waals surface area contributed by atoms with E-state index < -0.39 is 13.0 Å². The minimum Gasteiger partial charge on any atom is -1.00 e. The molecular weight excluding hydrogens is 348 g/mol. The van der Waals surface area contributed by atoms with E-state index in [9.17, 15) is 9.59 Å². The molecule has 0 radical (unpaired) electrons. The molecule has 0 unspecified atom stereocenters. The van der Waals surface area contributed by atoms with Crippen LogP contribution < -0.4 is 21.4 Å². The third-order valence-corrected chi connectivity index (χ3v) is 4.68. The standard InChI is InChI=1S/C13H9.2CO.BrH.Fe/c1-3-7-12-10(5-1)9-11-6-2-4-8-13(11)12;2*1-2;;/h1-5,7-8H,9H2;;;1H;/q;;;;+1/p-1. The smallest absolute Gasteiger partial charge is 1.00 e. The zero-order valence-corrected chi connectivity index (χ0v) is 12.5. The predicted molar refractivity (Wildman–Crippen MR) is 65.7 cm³/mol. The van der Waals surface area contributed by atoms with E-state index in [2.05, 4.69) is 12.1 Å². The fourth-order valence-electron chi connectivity index (χ4n) is 2.37. The first-order valence-corrected chi connectivity index (χ1v) is 7.12. The van der Waals surface area contributed by atoms with Crippen molar-refractivity contribution in [1.29, 1.82) is 0 Å². The van der Waals surface area contributed by atoms with E-state index >= 15 is 0 Å². The maximum absolute atomic E-state index is 10.9. The van der Waals surface area contributed by atoms with Crippen molar-refractivity contribution in [3.05, 3.63) is 53.6 Å². The molecule has 0 fully saturated rings. The van der Waals surface area contributed by atoms with Gasteiger partial charge in [0.25, 0.3) is 0 Å². The maximum atomic E-state index is 10.9. The molecule has 1 aliphatic rings. The summed E-state index contributed by atoms with van der Waals surface area (Å²) in [7, 11) is 0. The number of carbonyl (C=O) groups excluding carboxylic acids is 2.